The smallest absolute Gasteiger partial charge is 0.243 e. The zero-order valence-electron chi connectivity index (χ0n) is 23.9. The van der Waals surface area contributed by atoms with Gasteiger partial charge in [0.2, 0.25) is 21.8 Å². The molecule has 0 spiro atoms. The summed E-state index contributed by atoms with van der Waals surface area (Å²) >= 11 is 0. The number of aliphatic hydroxyl groups excluding tert-OH is 1. The number of sulfonamides is 1. The number of aryl methyl sites for hydroxylation is 1. The van der Waals surface area contributed by atoms with E-state index in [2.05, 4.69) is 10.0 Å². The average molecular weight is 594 g/mol. The number of hydrogen-bond donors (Lipinski definition) is 3. The van der Waals surface area contributed by atoms with Gasteiger partial charge in [-0.2, -0.15) is 0 Å². The van der Waals surface area contributed by atoms with Crippen molar-refractivity contribution in [3.8, 4) is 5.75 Å². The summed E-state index contributed by atoms with van der Waals surface area (Å²) in [6.07, 6.45) is 2.98. The monoisotopic (exact) mass is 593 g/mol. The second kappa shape index (κ2) is 14.9. The van der Waals surface area contributed by atoms with E-state index in [-0.39, 0.29) is 42.3 Å². The van der Waals surface area contributed by atoms with Gasteiger partial charge in [-0.05, 0) is 66.6 Å². The number of carbonyl (C=O) groups excluding carboxylic acids is 2. The van der Waals surface area contributed by atoms with Gasteiger partial charge in [-0.3, -0.25) is 9.59 Å². The Morgan fingerprint density at radius 2 is 1.62 bits per heavy atom. The molecule has 3 aromatic carbocycles. The van der Waals surface area contributed by atoms with Crippen molar-refractivity contribution in [3.63, 3.8) is 0 Å². The number of carbonyl (C=O) groups is 2. The van der Waals surface area contributed by atoms with Crippen molar-refractivity contribution in [3.05, 3.63) is 95.6 Å². The first-order chi connectivity index (χ1) is 20.3. The molecule has 1 fully saturated rings. The van der Waals surface area contributed by atoms with Crippen molar-refractivity contribution in [1.29, 1.82) is 0 Å². The Labute approximate surface area is 248 Å². The van der Waals surface area contributed by atoms with Crippen LogP contribution in [0.5, 0.6) is 5.75 Å². The van der Waals surface area contributed by atoms with Crippen LogP contribution in [-0.4, -0.2) is 62.6 Å². The minimum absolute atomic E-state index is 0.0219. The summed E-state index contributed by atoms with van der Waals surface area (Å²) in [7, 11) is -1.97. The molecule has 4 rings (SSSR count). The third-order valence-corrected chi connectivity index (χ3v) is 8.71. The van der Waals surface area contributed by atoms with Gasteiger partial charge in [-0.15, -0.1) is 0 Å². The Morgan fingerprint density at radius 3 is 2.24 bits per heavy atom. The normalized spacial score (nSPS) is 13.8. The molecule has 0 radical (unpaired) electrons. The number of amides is 2. The molecule has 2 amide bonds. The molecule has 0 heterocycles. The lowest BCUT2D eigenvalue weighted by Gasteiger charge is -2.31. The second-order valence-electron chi connectivity index (χ2n) is 10.5. The van der Waals surface area contributed by atoms with E-state index in [1.54, 1.807) is 36.3 Å². The molecule has 1 atom stereocenters. The molecule has 224 valence electrons. The lowest BCUT2D eigenvalue weighted by atomic mass is 10.0. The maximum absolute atomic E-state index is 13.8. The topological polar surface area (TPSA) is 125 Å². The van der Waals surface area contributed by atoms with Gasteiger partial charge < -0.3 is 20.1 Å². The minimum Gasteiger partial charge on any atom is -0.497 e. The molecule has 0 unspecified atom stereocenters. The number of benzene rings is 3. The van der Waals surface area contributed by atoms with Crippen molar-refractivity contribution in [2.75, 3.05) is 20.3 Å². The van der Waals surface area contributed by atoms with Gasteiger partial charge in [0.15, 0.2) is 0 Å². The van der Waals surface area contributed by atoms with Crippen LogP contribution in [0.3, 0.4) is 0 Å². The predicted molar refractivity (Wildman–Crippen MR) is 160 cm³/mol. The lowest BCUT2D eigenvalue weighted by Crippen LogP contribution is -2.50. The van der Waals surface area contributed by atoms with Gasteiger partial charge >= 0.3 is 0 Å². The van der Waals surface area contributed by atoms with E-state index in [0.29, 0.717) is 31.6 Å². The molecular formula is C32H39N3O6S. The van der Waals surface area contributed by atoms with E-state index < -0.39 is 16.1 Å². The second-order valence-corrected chi connectivity index (χ2v) is 12.2. The number of nitrogens with one attached hydrogen (secondary N) is 2. The highest BCUT2D eigenvalue weighted by molar-refractivity contribution is 7.89. The Balaban J connectivity index is 1.54. The quantitative estimate of drug-likeness (QED) is 0.219. The molecule has 0 bridgehead atoms. The predicted octanol–water partition coefficient (Wildman–Crippen LogP) is 3.21. The largest absolute Gasteiger partial charge is 0.497 e. The summed E-state index contributed by atoms with van der Waals surface area (Å²) in [6.45, 7) is 0.475. The van der Waals surface area contributed by atoms with Gasteiger partial charge in [0.05, 0.1) is 12.0 Å². The van der Waals surface area contributed by atoms with Crippen LogP contribution >= 0.6 is 0 Å². The molecule has 3 aromatic rings. The van der Waals surface area contributed by atoms with Crippen molar-refractivity contribution >= 4 is 21.8 Å². The molecule has 0 aromatic heterocycles. The Hall–Kier alpha value is -3.73. The van der Waals surface area contributed by atoms with Gasteiger partial charge in [0.1, 0.15) is 11.8 Å². The van der Waals surface area contributed by atoms with E-state index in [4.69, 9.17) is 4.74 Å². The van der Waals surface area contributed by atoms with E-state index >= 15 is 0 Å². The average Bonchev–Trinajstić information content (AvgIpc) is 3.82. The van der Waals surface area contributed by atoms with E-state index in [0.717, 1.165) is 29.5 Å². The zero-order valence-corrected chi connectivity index (χ0v) is 24.7. The number of methoxy groups -OCH3 is 1. The fraction of sp³-hybridized carbons (Fsp3) is 0.375. The van der Waals surface area contributed by atoms with Crippen LogP contribution < -0.4 is 14.8 Å². The SMILES string of the molecule is COc1ccc(CN(C(=O)CCc2ccc(S(=O)(=O)NC3CC3)cc2)[C@H](Cc2ccccc2)C(=O)NCCCO)cc1. The molecule has 1 saturated carbocycles. The first-order valence-electron chi connectivity index (χ1n) is 14.2. The molecule has 0 aliphatic heterocycles. The number of nitrogens with zero attached hydrogens (tertiary/aromatic N) is 1. The van der Waals surface area contributed by atoms with Crippen LogP contribution in [0.15, 0.2) is 83.8 Å². The number of ether oxygens (including phenoxy) is 1. The van der Waals surface area contributed by atoms with Crippen LogP contribution in [0.4, 0.5) is 0 Å². The summed E-state index contributed by atoms with van der Waals surface area (Å²) in [4.78, 5) is 29.1. The van der Waals surface area contributed by atoms with Gasteiger partial charge in [0.25, 0.3) is 0 Å². The maximum Gasteiger partial charge on any atom is 0.243 e. The van der Waals surface area contributed by atoms with Gasteiger partial charge in [-0.1, -0.05) is 54.6 Å². The van der Waals surface area contributed by atoms with Crippen LogP contribution in [0.1, 0.15) is 42.4 Å². The Bertz CT molecular complexity index is 1410. The summed E-state index contributed by atoms with van der Waals surface area (Å²) in [6, 6.07) is 22.8. The first-order valence-corrected chi connectivity index (χ1v) is 15.7. The van der Waals surface area contributed by atoms with Crippen molar-refractivity contribution in [1.82, 2.24) is 14.9 Å². The van der Waals surface area contributed by atoms with Crippen LogP contribution in [-0.2, 0) is 39.0 Å². The van der Waals surface area contributed by atoms with Crippen LogP contribution in [0.2, 0.25) is 0 Å². The third-order valence-electron chi connectivity index (χ3n) is 7.18. The van der Waals surface area contributed by atoms with E-state index in [1.165, 1.54) is 0 Å². The van der Waals surface area contributed by atoms with Gasteiger partial charge in [-0.25, -0.2) is 13.1 Å². The fourth-order valence-electron chi connectivity index (χ4n) is 4.61. The maximum atomic E-state index is 13.8. The molecular weight excluding hydrogens is 554 g/mol. The summed E-state index contributed by atoms with van der Waals surface area (Å²) in [5, 5.41) is 12.1. The molecule has 3 N–H and O–H groups in total. The Kier molecular flexibility index (Phi) is 11.1. The molecule has 42 heavy (non-hydrogen) atoms. The highest BCUT2D eigenvalue weighted by Crippen LogP contribution is 2.23. The Morgan fingerprint density at radius 1 is 0.952 bits per heavy atom. The molecule has 1 aliphatic rings. The number of aliphatic hydroxyl groups is 1. The minimum atomic E-state index is -3.55. The van der Waals surface area contributed by atoms with Gasteiger partial charge in [0, 0.05) is 38.6 Å². The molecule has 0 saturated heterocycles. The molecule has 9 nitrogen and oxygen atoms in total. The fourth-order valence-corrected chi connectivity index (χ4v) is 5.91. The highest BCUT2D eigenvalue weighted by Gasteiger charge is 2.30. The van der Waals surface area contributed by atoms with Crippen molar-refractivity contribution in [2.45, 2.75) is 62.0 Å². The summed E-state index contributed by atoms with van der Waals surface area (Å²) in [5.41, 5.74) is 2.59. The van der Waals surface area contributed by atoms with E-state index in [9.17, 15) is 23.1 Å². The van der Waals surface area contributed by atoms with Crippen LogP contribution in [0, 0.1) is 0 Å². The lowest BCUT2D eigenvalue weighted by molar-refractivity contribution is -0.141. The highest BCUT2D eigenvalue weighted by atomic mass is 32.2. The number of hydrogen-bond acceptors (Lipinski definition) is 6. The molecule has 10 heteroatoms. The molecule has 1 aliphatic carbocycles. The summed E-state index contributed by atoms with van der Waals surface area (Å²) in [5.74, 6) is 0.208. The van der Waals surface area contributed by atoms with Crippen molar-refractivity contribution < 1.29 is 27.9 Å². The number of rotatable bonds is 16. The standard InChI is InChI=1S/C32H39N3O6S/c1-41-28-15-8-26(9-16-28)23-35(30(32(38)33-20-5-21-36)22-25-6-3-2-4-7-25)31(37)19-12-24-10-17-29(18-11-24)42(39,40)34-27-13-14-27/h2-4,6-11,15-18,27,30,34,36H,5,12-14,19-23H2,1H3,(H,33,38)/t30-/m1/s1. The van der Waals surface area contributed by atoms with E-state index in [1.807, 2.05) is 54.6 Å². The van der Waals surface area contributed by atoms with Crippen molar-refractivity contribution in [2.24, 2.45) is 0 Å². The zero-order chi connectivity index (χ0) is 30.0. The summed E-state index contributed by atoms with van der Waals surface area (Å²) < 4.78 is 33.0. The van der Waals surface area contributed by atoms with Crippen LogP contribution in [0.25, 0.3) is 0 Å². The third kappa shape index (κ3) is 9.14. The first kappa shape index (κ1) is 31.2.